The zero-order valence-electron chi connectivity index (χ0n) is 13.6. The highest BCUT2D eigenvalue weighted by Gasteiger charge is 2.07. The number of pyridine rings is 1. The molecule has 0 aliphatic carbocycles. The Hall–Kier alpha value is -2.37. The van der Waals surface area contributed by atoms with Crippen molar-refractivity contribution in [3.63, 3.8) is 0 Å². The minimum Gasteiger partial charge on any atom is -0.396 e. The first-order valence-electron chi connectivity index (χ1n) is 8.35. The molecule has 0 bridgehead atoms. The second-order valence-electron chi connectivity index (χ2n) is 5.78. The zero-order chi connectivity index (χ0) is 16.8. The van der Waals surface area contributed by atoms with Crippen molar-refractivity contribution >= 4 is 33.2 Å². The Bertz CT molecular complexity index is 820. The van der Waals surface area contributed by atoms with E-state index in [-0.39, 0.29) is 13.2 Å². The molecule has 0 saturated carbocycles. The van der Waals surface area contributed by atoms with Crippen molar-refractivity contribution in [1.82, 2.24) is 4.98 Å². The van der Waals surface area contributed by atoms with Gasteiger partial charge in [-0.05, 0) is 47.2 Å². The monoisotopic (exact) mass is 325 g/mol. The molecule has 5 nitrogen and oxygen atoms in total. The fourth-order valence-electron chi connectivity index (χ4n) is 2.75. The maximum Gasteiger partial charge on any atom is 0.136 e. The molecule has 126 valence electrons. The van der Waals surface area contributed by atoms with Crippen molar-refractivity contribution in [2.24, 2.45) is 0 Å². The lowest BCUT2D eigenvalue weighted by molar-refractivity contribution is 0.292. The van der Waals surface area contributed by atoms with Gasteiger partial charge in [0.15, 0.2) is 0 Å². The fourth-order valence-corrected chi connectivity index (χ4v) is 2.75. The van der Waals surface area contributed by atoms with E-state index < -0.39 is 0 Å². The minimum atomic E-state index is 0.155. The van der Waals surface area contributed by atoms with Crippen LogP contribution >= 0.6 is 0 Å². The Morgan fingerprint density at radius 3 is 2.17 bits per heavy atom. The minimum absolute atomic E-state index is 0.155. The molecule has 0 radical (unpaired) electrons. The Balaban J connectivity index is 2.02. The number of aromatic nitrogens is 1. The van der Waals surface area contributed by atoms with E-state index in [0.29, 0.717) is 25.9 Å². The first-order chi connectivity index (χ1) is 11.8. The van der Waals surface area contributed by atoms with Crippen LogP contribution in [-0.2, 0) is 0 Å². The third kappa shape index (κ3) is 3.75. The second kappa shape index (κ2) is 7.95. The largest absolute Gasteiger partial charge is 0.396 e. The maximum atomic E-state index is 9.00. The van der Waals surface area contributed by atoms with E-state index in [1.807, 2.05) is 18.2 Å². The molecule has 3 aromatic rings. The highest BCUT2D eigenvalue weighted by Crippen LogP contribution is 2.29. The molecule has 3 rings (SSSR count). The maximum absolute atomic E-state index is 9.00. The molecular formula is C19H23N3O2. The third-order valence-electron chi connectivity index (χ3n) is 3.97. The quantitative estimate of drug-likeness (QED) is 0.378. The van der Waals surface area contributed by atoms with Gasteiger partial charge in [0, 0.05) is 31.7 Å². The highest BCUT2D eigenvalue weighted by atomic mass is 16.3. The van der Waals surface area contributed by atoms with Gasteiger partial charge in [0.05, 0.1) is 0 Å². The van der Waals surface area contributed by atoms with E-state index in [9.17, 15) is 0 Å². The predicted octanol–water partition coefficient (Wildman–Crippen LogP) is 2.98. The molecule has 0 fully saturated rings. The van der Waals surface area contributed by atoms with Crippen LogP contribution in [0.1, 0.15) is 12.8 Å². The molecule has 2 aromatic carbocycles. The summed E-state index contributed by atoms with van der Waals surface area (Å²) in [6, 6.07) is 14.6. The lowest BCUT2D eigenvalue weighted by atomic mass is 10.0. The molecule has 0 unspecified atom stereocenters. The lowest BCUT2D eigenvalue weighted by Gasteiger charge is -2.13. The molecule has 4 N–H and O–H groups in total. The van der Waals surface area contributed by atoms with Crippen molar-refractivity contribution in [3.8, 4) is 0 Å². The van der Waals surface area contributed by atoms with Gasteiger partial charge in [0.1, 0.15) is 11.6 Å². The topological polar surface area (TPSA) is 77.4 Å². The smallest absolute Gasteiger partial charge is 0.136 e. The number of rotatable bonds is 8. The van der Waals surface area contributed by atoms with Crippen LogP contribution in [0, 0.1) is 0 Å². The average Bonchev–Trinajstić information content (AvgIpc) is 2.60. The molecule has 0 atom stereocenters. The van der Waals surface area contributed by atoms with E-state index in [1.54, 1.807) is 0 Å². The van der Waals surface area contributed by atoms with Gasteiger partial charge in [0.25, 0.3) is 0 Å². The highest BCUT2D eigenvalue weighted by molar-refractivity contribution is 6.03. The molecular weight excluding hydrogens is 302 g/mol. The van der Waals surface area contributed by atoms with Gasteiger partial charge in [-0.3, -0.25) is 0 Å². The van der Waals surface area contributed by atoms with Crippen molar-refractivity contribution in [1.29, 1.82) is 0 Å². The Kier molecular flexibility index (Phi) is 5.46. The number of anilines is 2. The number of nitrogens with one attached hydrogen (secondary N) is 2. The van der Waals surface area contributed by atoms with Gasteiger partial charge < -0.3 is 20.8 Å². The normalized spacial score (nSPS) is 11.1. The van der Waals surface area contributed by atoms with Crippen LogP contribution < -0.4 is 10.6 Å². The van der Waals surface area contributed by atoms with Gasteiger partial charge in [0.2, 0.25) is 0 Å². The fraction of sp³-hybridized carbons (Fsp3) is 0.316. The van der Waals surface area contributed by atoms with Crippen molar-refractivity contribution in [3.05, 3.63) is 42.5 Å². The Morgan fingerprint density at radius 2 is 1.46 bits per heavy atom. The molecule has 1 aromatic heterocycles. The van der Waals surface area contributed by atoms with E-state index in [0.717, 1.165) is 22.4 Å². The van der Waals surface area contributed by atoms with E-state index in [2.05, 4.69) is 39.9 Å². The summed E-state index contributed by atoms with van der Waals surface area (Å²) in [5, 5.41) is 29.1. The van der Waals surface area contributed by atoms with Crippen LogP contribution in [0.5, 0.6) is 0 Å². The van der Waals surface area contributed by atoms with Crippen LogP contribution in [0.15, 0.2) is 42.5 Å². The number of aliphatic hydroxyl groups excluding tert-OH is 2. The van der Waals surface area contributed by atoms with Crippen LogP contribution in [0.4, 0.5) is 11.6 Å². The Labute approximate surface area is 141 Å². The number of fused-ring (bicyclic) bond motifs is 2. The predicted molar refractivity (Wildman–Crippen MR) is 99.6 cm³/mol. The van der Waals surface area contributed by atoms with Gasteiger partial charge in [-0.25, -0.2) is 4.98 Å². The molecule has 0 aliphatic rings. The van der Waals surface area contributed by atoms with Gasteiger partial charge in [-0.2, -0.15) is 0 Å². The molecule has 5 heteroatoms. The van der Waals surface area contributed by atoms with Crippen molar-refractivity contribution in [2.75, 3.05) is 36.9 Å². The van der Waals surface area contributed by atoms with Crippen molar-refractivity contribution < 1.29 is 10.2 Å². The average molecular weight is 325 g/mol. The molecule has 0 spiro atoms. The van der Waals surface area contributed by atoms with E-state index >= 15 is 0 Å². The summed E-state index contributed by atoms with van der Waals surface area (Å²) in [6.45, 7) is 1.67. The van der Waals surface area contributed by atoms with Gasteiger partial charge >= 0.3 is 0 Å². The van der Waals surface area contributed by atoms with Crippen LogP contribution in [0.25, 0.3) is 21.5 Å². The molecule has 0 saturated heterocycles. The van der Waals surface area contributed by atoms with Crippen LogP contribution in [0.3, 0.4) is 0 Å². The number of hydrogen-bond donors (Lipinski definition) is 4. The summed E-state index contributed by atoms with van der Waals surface area (Å²) in [5.74, 6) is 1.61. The third-order valence-corrected chi connectivity index (χ3v) is 3.97. The van der Waals surface area contributed by atoms with Gasteiger partial charge in [-0.1, -0.05) is 24.3 Å². The lowest BCUT2D eigenvalue weighted by Crippen LogP contribution is -2.09. The molecule has 24 heavy (non-hydrogen) atoms. The standard InChI is InChI=1S/C19H23N3O2/c23-9-3-7-20-18-13-16-11-14-5-1-2-6-15(14)12-17(16)19(22-18)21-8-4-10-24/h1-2,5-6,11-13,23-24H,3-4,7-10H2,(H2,20,21,22). The molecule has 1 heterocycles. The molecule has 0 aliphatic heterocycles. The number of hydrogen-bond acceptors (Lipinski definition) is 5. The van der Waals surface area contributed by atoms with E-state index in [4.69, 9.17) is 10.2 Å². The Morgan fingerprint density at radius 1 is 0.792 bits per heavy atom. The summed E-state index contributed by atoms with van der Waals surface area (Å²) < 4.78 is 0. The first kappa shape index (κ1) is 16.5. The van der Waals surface area contributed by atoms with Crippen LogP contribution in [0.2, 0.25) is 0 Å². The summed E-state index contributed by atoms with van der Waals surface area (Å²) >= 11 is 0. The van der Waals surface area contributed by atoms with Crippen LogP contribution in [-0.4, -0.2) is 41.5 Å². The van der Waals surface area contributed by atoms with Gasteiger partial charge in [-0.15, -0.1) is 0 Å². The van der Waals surface area contributed by atoms with Crippen molar-refractivity contribution in [2.45, 2.75) is 12.8 Å². The summed E-state index contributed by atoms with van der Waals surface area (Å²) in [7, 11) is 0. The number of nitrogens with zero attached hydrogens (tertiary/aromatic N) is 1. The SMILES string of the molecule is OCCCNc1cc2cc3ccccc3cc2c(NCCCO)n1. The summed E-state index contributed by atoms with van der Waals surface area (Å²) in [6.07, 6.45) is 1.36. The zero-order valence-corrected chi connectivity index (χ0v) is 13.6. The number of benzene rings is 2. The summed E-state index contributed by atoms with van der Waals surface area (Å²) in [5.41, 5.74) is 0. The molecule has 0 amide bonds. The number of aliphatic hydroxyl groups is 2. The second-order valence-corrected chi connectivity index (χ2v) is 5.78. The van der Waals surface area contributed by atoms with E-state index in [1.165, 1.54) is 10.8 Å². The summed E-state index contributed by atoms with van der Waals surface area (Å²) in [4.78, 5) is 4.67. The first-order valence-corrected chi connectivity index (χ1v) is 8.35.